The van der Waals surface area contributed by atoms with E-state index < -0.39 is 0 Å². The monoisotopic (exact) mass is 673 g/mol. The molecule has 0 radical (unpaired) electrons. The molecular formula is C42H35N5S2. The molecule has 0 spiro atoms. The number of para-hydroxylation sites is 1. The standard InChI is InChI=1S/C42H35N5S2/c1-41(2)24-48-39(45-41)29-16-27(20-43-22-29)26-14-15-34-36(18-26)47(31-10-6-5-7-11-31)37-19-35(32-12-8-9-13-33(32)38(34)37)28-17-30(23-44-21-28)40-46-42(3,4)25-49-40/h5-23H,24-25H2,1-4H3. The number of aromatic nitrogens is 3. The molecule has 0 bridgehead atoms. The summed E-state index contributed by atoms with van der Waals surface area (Å²) in [6.07, 6.45) is 7.84. The van der Waals surface area contributed by atoms with Crippen LogP contribution in [-0.2, 0) is 0 Å². The molecule has 240 valence electrons. The van der Waals surface area contributed by atoms with Crippen LogP contribution in [-0.4, -0.2) is 47.2 Å². The highest BCUT2D eigenvalue weighted by Crippen LogP contribution is 2.43. The number of nitrogens with zero attached hydrogens (tertiary/aromatic N) is 5. The SMILES string of the molecule is CC1(C)CSC(c2cncc(-c3ccc4c5c6ccccc6c(-c6cncc(C7=NC(C)(C)CS7)c6)cc5n(-c5ccccc5)c4c3)c2)=N1. The Morgan fingerprint density at radius 3 is 1.78 bits per heavy atom. The maximum atomic E-state index is 5.01. The Hall–Kier alpha value is -4.72. The zero-order chi connectivity index (χ0) is 33.3. The smallest absolute Gasteiger partial charge is 0.1000 e. The molecule has 0 fully saturated rings. The van der Waals surface area contributed by atoms with E-state index in [-0.39, 0.29) is 11.1 Å². The highest BCUT2D eigenvalue weighted by Gasteiger charge is 2.28. The van der Waals surface area contributed by atoms with Crippen LogP contribution in [0.15, 0.2) is 126 Å². The summed E-state index contributed by atoms with van der Waals surface area (Å²) in [6.45, 7) is 8.76. The van der Waals surface area contributed by atoms with Gasteiger partial charge in [-0.1, -0.05) is 54.6 Å². The van der Waals surface area contributed by atoms with Gasteiger partial charge in [-0.05, 0) is 86.0 Å². The van der Waals surface area contributed by atoms with E-state index in [0.29, 0.717) is 0 Å². The van der Waals surface area contributed by atoms with Crippen molar-refractivity contribution in [3.05, 3.63) is 127 Å². The Balaban J connectivity index is 1.28. The van der Waals surface area contributed by atoms with Gasteiger partial charge in [-0.3, -0.25) is 20.0 Å². The molecule has 4 aromatic carbocycles. The van der Waals surface area contributed by atoms with Crippen molar-refractivity contribution in [2.45, 2.75) is 38.8 Å². The lowest BCUT2D eigenvalue weighted by Crippen LogP contribution is -2.15. The van der Waals surface area contributed by atoms with Gasteiger partial charge in [0.15, 0.2) is 0 Å². The van der Waals surface area contributed by atoms with Gasteiger partial charge in [-0.2, -0.15) is 0 Å². The molecule has 7 heteroatoms. The van der Waals surface area contributed by atoms with Crippen LogP contribution in [0.1, 0.15) is 38.8 Å². The summed E-state index contributed by atoms with van der Waals surface area (Å²) in [5.74, 6) is 1.96. The van der Waals surface area contributed by atoms with Crippen LogP contribution in [0.5, 0.6) is 0 Å². The molecular weight excluding hydrogens is 639 g/mol. The molecule has 0 saturated heterocycles. The Labute approximate surface area is 294 Å². The van der Waals surface area contributed by atoms with Crippen LogP contribution < -0.4 is 0 Å². The Morgan fingerprint density at radius 2 is 1.12 bits per heavy atom. The van der Waals surface area contributed by atoms with E-state index in [0.717, 1.165) is 71.7 Å². The van der Waals surface area contributed by atoms with Crippen molar-refractivity contribution < 1.29 is 0 Å². The minimum atomic E-state index is -0.0605. The fourth-order valence-electron chi connectivity index (χ4n) is 7.04. The Kier molecular flexibility index (Phi) is 7.08. The summed E-state index contributed by atoms with van der Waals surface area (Å²) in [7, 11) is 0. The highest BCUT2D eigenvalue weighted by atomic mass is 32.2. The number of benzene rings is 4. The molecule has 5 nitrogen and oxygen atoms in total. The van der Waals surface area contributed by atoms with Crippen molar-refractivity contribution in [2.75, 3.05) is 11.5 Å². The van der Waals surface area contributed by atoms with Crippen LogP contribution in [0.4, 0.5) is 0 Å². The fourth-order valence-corrected chi connectivity index (χ4v) is 9.32. The molecule has 5 heterocycles. The summed E-state index contributed by atoms with van der Waals surface area (Å²) in [5.41, 5.74) is 9.95. The molecule has 0 amide bonds. The molecule has 0 N–H and O–H groups in total. The van der Waals surface area contributed by atoms with Crippen molar-refractivity contribution in [3.63, 3.8) is 0 Å². The van der Waals surface area contributed by atoms with Crippen molar-refractivity contribution in [1.82, 2.24) is 14.5 Å². The number of pyridine rings is 2. The second-order valence-corrected chi connectivity index (χ2v) is 16.2. The van der Waals surface area contributed by atoms with E-state index >= 15 is 0 Å². The van der Waals surface area contributed by atoms with Gasteiger partial charge in [0.25, 0.3) is 0 Å². The van der Waals surface area contributed by atoms with Gasteiger partial charge in [-0.25, -0.2) is 0 Å². The molecule has 2 aliphatic heterocycles. The third-order valence-electron chi connectivity index (χ3n) is 9.33. The minimum absolute atomic E-state index is 0.0505. The van der Waals surface area contributed by atoms with E-state index in [1.807, 2.05) is 48.3 Å². The lowest BCUT2D eigenvalue weighted by molar-refractivity contribution is 0.605. The molecule has 2 aliphatic rings. The van der Waals surface area contributed by atoms with Gasteiger partial charge < -0.3 is 4.57 Å². The number of hydrogen-bond acceptors (Lipinski definition) is 6. The first-order chi connectivity index (χ1) is 23.7. The highest BCUT2D eigenvalue weighted by molar-refractivity contribution is 8.15. The van der Waals surface area contributed by atoms with Crippen molar-refractivity contribution in [3.8, 4) is 27.9 Å². The van der Waals surface area contributed by atoms with Crippen molar-refractivity contribution in [1.29, 1.82) is 0 Å². The summed E-state index contributed by atoms with van der Waals surface area (Å²) < 4.78 is 2.41. The average molecular weight is 674 g/mol. The summed E-state index contributed by atoms with van der Waals surface area (Å²) in [6, 6.07) is 33.2. The van der Waals surface area contributed by atoms with E-state index in [1.54, 1.807) is 0 Å². The molecule has 0 saturated carbocycles. The zero-order valence-corrected chi connectivity index (χ0v) is 29.6. The largest absolute Gasteiger partial charge is 0.309 e. The first-order valence-electron chi connectivity index (χ1n) is 16.7. The number of rotatable bonds is 5. The van der Waals surface area contributed by atoms with Crippen LogP contribution in [0.2, 0.25) is 0 Å². The molecule has 7 aromatic rings. The Morgan fingerprint density at radius 1 is 0.531 bits per heavy atom. The topological polar surface area (TPSA) is 55.4 Å². The predicted octanol–water partition coefficient (Wildman–Crippen LogP) is 10.6. The maximum Gasteiger partial charge on any atom is 0.1000 e. The number of aliphatic imine (C=N–C) groups is 2. The number of hydrogen-bond donors (Lipinski definition) is 0. The molecule has 0 atom stereocenters. The van der Waals surface area contributed by atoms with E-state index in [4.69, 9.17) is 15.0 Å². The van der Waals surface area contributed by atoms with Crippen LogP contribution in [0.25, 0.3) is 60.5 Å². The quantitative estimate of drug-likeness (QED) is 0.182. The molecule has 49 heavy (non-hydrogen) atoms. The first kappa shape index (κ1) is 30.3. The fraction of sp³-hybridized carbons (Fsp3) is 0.190. The summed E-state index contributed by atoms with van der Waals surface area (Å²) in [4.78, 5) is 19.4. The summed E-state index contributed by atoms with van der Waals surface area (Å²) >= 11 is 3.63. The van der Waals surface area contributed by atoms with E-state index in [9.17, 15) is 0 Å². The van der Waals surface area contributed by atoms with Crippen molar-refractivity contribution in [2.24, 2.45) is 9.98 Å². The van der Waals surface area contributed by atoms with Gasteiger partial charge in [-0.15, -0.1) is 23.5 Å². The lowest BCUT2D eigenvalue weighted by atomic mass is 9.94. The zero-order valence-electron chi connectivity index (χ0n) is 27.9. The number of fused-ring (bicyclic) bond motifs is 5. The van der Waals surface area contributed by atoms with Crippen LogP contribution in [0.3, 0.4) is 0 Å². The minimum Gasteiger partial charge on any atom is -0.309 e. The Bertz CT molecular complexity index is 2510. The second-order valence-electron chi connectivity index (χ2n) is 14.2. The lowest BCUT2D eigenvalue weighted by Gasteiger charge is -2.13. The van der Waals surface area contributed by atoms with Gasteiger partial charge in [0, 0.05) is 75.0 Å². The average Bonchev–Trinajstić information content (AvgIpc) is 3.79. The second kappa shape index (κ2) is 11.4. The molecule has 0 aliphatic carbocycles. The first-order valence-corrected chi connectivity index (χ1v) is 18.6. The van der Waals surface area contributed by atoms with Gasteiger partial charge >= 0.3 is 0 Å². The normalized spacial score (nSPS) is 16.8. The van der Waals surface area contributed by atoms with Crippen molar-refractivity contribution >= 4 is 66.2 Å². The van der Waals surface area contributed by atoms with Gasteiger partial charge in [0.1, 0.15) is 0 Å². The maximum absolute atomic E-state index is 5.01. The van der Waals surface area contributed by atoms with Gasteiger partial charge in [0.2, 0.25) is 0 Å². The predicted molar refractivity (Wildman–Crippen MR) is 211 cm³/mol. The number of thioether (sulfide) groups is 2. The van der Waals surface area contributed by atoms with E-state index in [2.05, 4.69) is 128 Å². The third kappa shape index (κ3) is 5.36. The van der Waals surface area contributed by atoms with Crippen LogP contribution in [0, 0.1) is 0 Å². The van der Waals surface area contributed by atoms with Gasteiger partial charge in [0.05, 0.1) is 32.2 Å². The van der Waals surface area contributed by atoms with Crippen LogP contribution >= 0.6 is 23.5 Å². The molecule has 9 rings (SSSR count). The third-order valence-corrected chi connectivity index (χ3v) is 12.2. The van der Waals surface area contributed by atoms with E-state index in [1.165, 1.54) is 21.5 Å². The molecule has 3 aromatic heterocycles. The molecule has 0 unspecified atom stereocenters. The summed E-state index contributed by atoms with van der Waals surface area (Å²) in [5, 5.41) is 7.04.